The van der Waals surface area contributed by atoms with E-state index in [9.17, 15) is 14.5 Å². The number of benzene rings is 2. The van der Waals surface area contributed by atoms with Crippen LogP contribution >= 0.6 is 0 Å². The molecular weight excluding hydrogens is 261 g/mol. The van der Waals surface area contributed by atoms with Crippen LogP contribution in [0.25, 0.3) is 0 Å². The summed E-state index contributed by atoms with van der Waals surface area (Å²) in [6, 6.07) is 12.7. The summed E-state index contributed by atoms with van der Waals surface area (Å²) in [7, 11) is 0. The van der Waals surface area contributed by atoms with E-state index in [1.807, 2.05) is 6.07 Å². The van der Waals surface area contributed by atoms with Crippen molar-refractivity contribution in [2.24, 2.45) is 0 Å². The average molecular weight is 271 g/mol. The van der Waals surface area contributed by atoms with E-state index in [2.05, 4.69) is 5.32 Å². The highest BCUT2D eigenvalue weighted by Gasteiger charge is 2.13. The van der Waals surface area contributed by atoms with Crippen molar-refractivity contribution in [3.8, 4) is 6.07 Å². The Morgan fingerprint density at radius 1 is 1.30 bits per heavy atom. The molecule has 6 heteroatoms. The number of nitro benzene ring substituents is 1. The third-order valence-electron chi connectivity index (χ3n) is 2.74. The van der Waals surface area contributed by atoms with Gasteiger partial charge in [-0.1, -0.05) is 18.2 Å². The lowest BCUT2D eigenvalue weighted by Gasteiger charge is -2.08. The minimum Gasteiger partial charge on any atom is -0.380 e. The first kappa shape index (κ1) is 13.5. The Labute approximate surface area is 114 Å². The van der Waals surface area contributed by atoms with E-state index in [0.29, 0.717) is 16.8 Å². The number of rotatable bonds is 4. The zero-order chi connectivity index (χ0) is 14.5. The highest BCUT2D eigenvalue weighted by atomic mass is 19.1. The zero-order valence-electron chi connectivity index (χ0n) is 10.3. The lowest BCUT2D eigenvalue weighted by atomic mass is 10.1. The summed E-state index contributed by atoms with van der Waals surface area (Å²) in [4.78, 5) is 9.74. The van der Waals surface area contributed by atoms with Crippen molar-refractivity contribution >= 4 is 11.4 Å². The number of halogens is 1. The molecule has 0 radical (unpaired) electrons. The molecule has 0 fully saturated rings. The number of para-hydroxylation sites is 1. The number of nitrogens with one attached hydrogen (secondary N) is 1. The first-order valence-corrected chi connectivity index (χ1v) is 5.77. The van der Waals surface area contributed by atoms with Crippen LogP contribution in [-0.2, 0) is 6.54 Å². The summed E-state index contributed by atoms with van der Waals surface area (Å²) in [5.74, 6) is -0.872. The predicted molar refractivity (Wildman–Crippen MR) is 71.5 cm³/mol. The number of nitrogens with zero attached hydrogens (tertiary/aromatic N) is 2. The molecule has 0 amide bonds. The van der Waals surface area contributed by atoms with Gasteiger partial charge in [0.1, 0.15) is 6.07 Å². The number of hydrogen-bond acceptors (Lipinski definition) is 4. The largest absolute Gasteiger partial charge is 0.380 e. The average Bonchev–Trinajstić information content (AvgIpc) is 2.45. The van der Waals surface area contributed by atoms with Gasteiger partial charge in [-0.2, -0.15) is 9.65 Å². The van der Waals surface area contributed by atoms with Crippen LogP contribution in [0.2, 0.25) is 0 Å². The van der Waals surface area contributed by atoms with Crippen LogP contribution in [0.3, 0.4) is 0 Å². The molecule has 1 N–H and O–H groups in total. The van der Waals surface area contributed by atoms with Gasteiger partial charge in [-0.25, -0.2) is 0 Å². The number of anilines is 1. The van der Waals surface area contributed by atoms with Gasteiger partial charge in [0.05, 0.1) is 16.2 Å². The molecule has 0 bridgehead atoms. The minimum absolute atomic E-state index is 0.271. The Bertz CT molecular complexity index is 695. The maximum absolute atomic E-state index is 13.5. The molecular formula is C14H10FN3O2. The fourth-order valence-electron chi connectivity index (χ4n) is 1.74. The second kappa shape index (κ2) is 5.80. The first-order chi connectivity index (χ1) is 9.61. The van der Waals surface area contributed by atoms with Gasteiger partial charge in [0, 0.05) is 12.6 Å². The Morgan fingerprint density at radius 2 is 2.05 bits per heavy atom. The Kier molecular flexibility index (Phi) is 3.91. The molecule has 100 valence electrons. The molecule has 0 aromatic heterocycles. The van der Waals surface area contributed by atoms with Gasteiger partial charge in [0.25, 0.3) is 0 Å². The smallest absolute Gasteiger partial charge is 0.304 e. The summed E-state index contributed by atoms with van der Waals surface area (Å²) in [6.45, 7) is 0.271. The molecule has 0 saturated carbocycles. The molecule has 20 heavy (non-hydrogen) atoms. The summed E-state index contributed by atoms with van der Waals surface area (Å²) >= 11 is 0. The number of hydrogen-bond donors (Lipinski definition) is 1. The molecule has 2 rings (SSSR count). The molecule has 0 aliphatic carbocycles. The van der Waals surface area contributed by atoms with Crippen molar-refractivity contribution in [1.82, 2.24) is 0 Å². The van der Waals surface area contributed by atoms with Gasteiger partial charge in [0.2, 0.25) is 5.82 Å². The van der Waals surface area contributed by atoms with Gasteiger partial charge >= 0.3 is 5.69 Å². The Hall–Kier alpha value is -2.94. The maximum Gasteiger partial charge on any atom is 0.304 e. The normalized spacial score (nSPS) is 9.80. The van der Waals surface area contributed by atoms with Gasteiger partial charge in [0.15, 0.2) is 0 Å². The van der Waals surface area contributed by atoms with E-state index in [-0.39, 0.29) is 6.54 Å². The van der Waals surface area contributed by atoms with Crippen LogP contribution in [0.5, 0.6) is 0 Å². The topological polar surface area (TPSA) is 79.0 Å². The van der Waals surface area contributed by atoms with Crippen LogP contribution in [0, 0.1) is 27.3 Å². The predicted octanol–water partition coefficient (Wildman–Crippen LogP) is 3.22. The molecule has 5 nitrogen and oxygen atoms in total. The standard InChI is InChI=1S/C14H10FN3O2/c15-12-7-10(5-6-14(12)18(19)20)9-17-13-4-2-1-3-11(13)8-16/h1-7,17H,9H2. The molecule has 0 heterocycles. The zero-order valence-corrected chi connectivity index (χ0v) is 10.3. The van der Waals surface area contributed by atoms with Crippen molar-refractivity contribution in [2.75, 3.05) is 5.32 Å². The van der Waals surface area contributed by atoms with Crippen LogP contribution in [0.4, 0.5) is 15.8 Å². The molecule has 2 aromatic rings. The lowest BCUT2D eigenvalue weighted by molar-refractivity contribution is -0.387. The van der Waals surface area contributed by atoms with Crippen molar-refractivity contribution in [1.29, 1.82) is 5.26 Å². The van der Waals surface area contributed by atoms with Crippen molar-refractivity contribution in [3.63, 3.8) is 0 Å². The van der Waals surface area contributed by atoms with E-state index < -0.39 is 16.4 Å². The van der Waals surface area contributed by atoms with E-state index in [0.717, 1.165) is 12.1 Å². The summed E-state index contributed by atoms with van der Waals surface area (Å²) in [5, 5.41) is 22.4. The van der Waals surface area contributed by atoms with E-state index >= 15 is 0 Å². The monoisotopic (exact) mass is 271 g/mol. The van der Waals surface area contributed by atoms with E-state index in [1.165, 1.54) is 6.07 Å². The molecule has 0 aliphatic rings. The third kappa shape index (κ3) is 2.90. The number of nitriles is 1. The van der Waals surface area contributed by atoms with Gasteiger partial charge in [-0.05, 0) is 23.8 Å². The fraction of sp³-hybridized carbons (Fsp3) is 0.0714. The highest BCUT2D eigenvalue weighted by molar-refractivity contribution is 5.57. The third-order valence-corrected chi connectivity index (χ3v) is 2.74. The molecule has 0 saturated heterocycles. The summed E-state index contributed by atoms with van der Waals surface area (Å²) in [6.07, 6.45) is 0. The SMILES string of the molecule is N#Cc1ccccc1NCc1ccc([N+](=O)[O-])c(F)c1. The fourth-order valence-corrected chi connectivity index (χ4v) is 1.74. The lowest BCUT2D eigenvalue weighted by Crippen LogP contribution is -2.02. The molecule has 2 aromatic carbocycles. The molecule has 0 atom stereocenters. The van der Waals surface area contributed by atoms with Crippen molar-refractivity contribution < 1.29 is 9.31 Å². The minimum atomic E-state index is -0.872. The maximum atomic E-state index is 13.5. The second-order valence-electron chi connectivity index (χ2n) is 4.05. The van der Waals surface area contributed by atoms with E-state index in [4.69, 9.17) is 5.26 Å². The van der Waals surface area contributed by atoms with Crippen molar-refractivity contribution in [3.05, 3.63) is 69.5 Å². The van der Waals surface area contributed by atoms with Crippen LogP contribution < -0.4 is 5.32 Å². The molecule has 0 unspecified atom stereocenters. The van der Waals surface area contributed by atoms with E-state index in [1.54, 1.807) is 24.3 Å². The van der Waals surface area contributed by atoms with Gasteiger partial charge in [-0.3, -0.25) is 10.1 Å². The van der Waals surface area contributed by atoms with Gasteiger partial charge < -0.3 is 5.32 Å². The summed E-state index contributed by atoms with van der Waals surface area (Å²) in [5.41, 5.74) is 1.12. The highest BCUT2D eigenvalue weighted by Crippen LogP contribution is 2.19. The van der Waals surface area contributed by atoms with Crippen LogP contribution in [0.1, 0.15) is 11.1 Å². The number of nitro groups is 1. The molecule has 0 spiro atoms. The van der Waals surface area contributed by atoms with Crippen LogP contribution in [0.15, 0.2) is 42.5 Å². The summed E-state index contributed by atoms with van der Waals surface area (Å²) < 4.78 is 13.5. The second-order valence-corrected chi connectivity index (χ2v) is 4.05. The van der Waals surface area contributed by atoms with Crippen molar-refractivity contribution in [2.45, 2.75) is 6.54 Å². The van der Waals surface area contributed by atoms with Gasteiger partial charge in [-0.15, -0.1) is 0 Å². The van der Waals surface area contributed by atoms with Crippen LogP contribution in [-0.4, -0.2) is 4.92 Å². The quantitative estimate of drug-likeness (QED) is 0.684. The molecule has 0 aliphatic heterocycles. The Balaban J connectivity index is 2.14. The first-order valence-electron chi connectivity index (χ1n) is 5.77. The Morgan fingerprint density at radius 3 is 2.70 bits per heavy atom.